The quantitative estimate of drug-likeness (QED) is 0.277. The molecule has 1 aliphatic rings. The third-order valence-corrected chi connectivity index (χ3v) is 7.40. The maximum absolute atomic E-state index is 14.0. The zero-order chi connectivity index (χ0) is 29.9. The molecule has 0 saturated carbocycles. The van der Waals surface area contributed by atoms with Gasteiger partial charge in [-0.05, 0) is 55.2 Å². The first-order chi connectivity index (χ1) is 20.4. The van der Waals surface area contributed by atoms with Gasteiger partial charge in [-0.3, -0.25) is 9.59 Å². The first kappa shape index (κ1) is 30.4. The Bertz CT molecular complexity index is 1330. The van der Waals surface area contributed by atoms with Gasteiger partial charge in [0.1, 0.15) is 6.61 Å². The van der Waals surface area contributed by atoms with Crippen LogP contribution in [0.3, 0.4) is 0 Å². The molecule has 3 aromatic carbocycles. The zero-order valence-corrected chi connectivity index (χ0v) is 24.4. The molecule has 0 aromatic heterocycles. The van der Waals surface area contributed by atoms with Gasteiger partial charge in [0, 0.05) is 18.7 Å². The summed E-state index contributed by atoms with van der Waals surface area (Å²) >= 11 is 0. The number of esters is 1. The van der Waals surface area contributed by atoms with Crippen LogP contribution in [0, 0.1) is 0 Å². The van der Waals surface area contributed by atoms with Crippen molar-refractivity contribution in [3.05, 3.63) is 95.6 Å². The molecule has 9 nitrogen and oxygen atoms in total. The summed E-state index contributed by atoms with van der Waals surface area (Å²) in [5, 5.41) is 0. The normalized spacial score (nSPS) is 16.0. The number of likely N-dealkylation sites (tertiary alicyclic amines) is 1. The van der Waals surface area contributed by atoms with E-state index >= 15 is 0 Å². The van der Waals surface area contributed by atoms with Gasteiger partial charge >= 0.3 is 12.1 Å². The smallest absolute Gasteiger partial charge is 0.410 e. The average Bonchev–Trinajstić information content (AvgIpc) is 3.43. The summed E-state index contributed by atoms with van der Waals surface area (Å²) in [6, 6.07) is 23.1. The highest BCUT2D eigenvalue weighted by molar-refractivity contribution is 5.94. The molecule has 0 spiro atoms. The van der Waals surface area contributed by atoms with Gasteiger partial charge in [0.05, 0.1) is 39.3 Å². The molecular weight excluding hydrogens is 536 g/mol. The summed E-state index contributed by atoms with van der Waals surface area (Å²) in [6.07, 6.45) is 0.450. The Balaban J connectivity index is 1.60. The minimum Gasteiger partial charge on any atom is -0.493 e. The topological polar surface area (TPSA) is 94.6 Å². The Kier molecular flexibility index (Phi) is 10.8. The minimum atomic E-state index is -0.606. The summed E-state index contributed by atoms with van der Waals surface area (Å²) in [4.78, 5) is 43.3. The third kappa shape index (κ3) is 7.60. The molecule has 42 heavy (non-hydrogen) atoms. The van der Waals surface area contributed by atoms with Crippen molar-refractivity contribution in [1.82, 2.24) is 9.80 Å². The predicted molar refractivity (Wildman–Crippen MR) is 158 cm³/mol. The van der Waals surface area contributed by atoms with Gasteiger partial charge in [0.25, 0.3) is 5.91 Å². The lowest BCUT2D eigenvalue weighted by atomic mass is 10.0. The SMILES string of the molecule is CCOC(=O)C[C@@H]1[C@@H](N(CCc2ccc(OC)c(OC)c2)C(=O)c2ccccc2)CCN1C(=O)OCc1ccccc1. The lowest BCUT2D eigenvalue weighted by Crippen LogP contribution is -2.50. The van der Waals surface area contributed by atoms with Crippen LogP contribution in [0.15, 0.2) is 78.9 Å². The fourth-order valence-electron chi connectivity index (χ4n) is 5.32. The summed E-state index contributed by atoms with van der Waals surface area (Å²) in [7, 11) is 3.16. The molecule has 4 rings (SSSR count). The second-order valence-corrected chi connectivity index (χ2v) is 9.97. The number of hydrogen-bond donors (Lipinski definition) is 0. The van der Waals surface area contributed by atoms with Crippen molar-refractivity contribution < 1.29 is 33.3 Å². The fraction of sp³-hybridized carbons (Fsp3) is 0.364. The summed E-state index contributed by atoms with van der Waals surface area (Å²) in [5.74, 6) is 0.620. The third-order valence-electron chi connectivity index (χ3n) is 7.40. The monoisotopic (exact) mass is 574 g/mol. The maximum Gasteiger partial charge on any atom is 0.410 e. The van der Waals surface area contributed by atoms with Gasteiger partial charge < -0.3 is 28.7 Å². The van der Waals surface area contributed by atoms with Crippen LogP contribution in [0.5, 0.6) is 11.5 Å². The molecule has 0 aliphatic carbocycles. The molecule has 0 N–H and O–H groups in total. The van der Waals surface area contributed by atoms with E-state index in [1.54, 1.807) is 43.1 Å². The van der Waals surface area contributed by atoms with Crippen LogP contribution >= 0.6 is 0 Å². The van der Waals surface area contributed by atoms with Crippen LogP contribution < -0.4 is 9.47 Å². The molecule has 0 radical (unpaired) electrons. The highest BCUT2D eigenvalue weighted by Crippen LogP contribution is 2.31. The number of nitrogens with zero attached hydrogens (tertiary/aromatic N) is 2. The van der Waals surface area contributed by atoms with Gasteiger partial charge in [-0.15, -0.1) is 0 Å². The van der Waals surface area contributed by atoms with Gasteiger partial charge in [-0.1, -0.05) is 54.6 Å². The second kappa shape index (κ2) is 14.9. The molecule has 1 fully saturated rings. The number of ether oxygens (including phenoxy) is 4. The molecular formula is C33H38N2O7. The van der Waals surface area contributed by atoms with E-state index in [0.717, 1.165) is 11.1 Å². The molecule has 0 unspecified atom stereocenters. The molecule has 3 aromatic rings. The highest BCUT2D eigenvalue weighted by Gasteiger charge is 2.44. The number of carbonyl (C=O) groups is 3. The summed E-state index contributed by atoms with van der Waals surface area (Å²) in [5.41, 5.74) is 2.35. The molecule has 0 bridgehead atoms. The van der Waals surface area contributed by atoms with E-state index in [0.29, 0.717) is 43.0 Å². The van der Waals surface area contributed by atoms with E-state index in [4.69, 9.17) is 18.9 Å². The number of amides is 2. The van der Waals surface area contributed by atoms with Gasteiger partial charge in [0.15, 0.2) is 11.5 Å². The van der Waals surface area contributed by atoms with Crippen molar-refractivity contribution in [3.8, 4) is 11.5 Å². The van der Waals surface area contributed by atoms with Crippen LogP contribution in [0.4, 0.5) is 4.79 Å². The van der Waals surface area contributed by atoms with E-state index in [2.05, 4.69) is 0 Å². The molecule has 9 heteroatoms. The fourth-order valence-corrected chi connectivity index (χ4v) is 5.32. The maximum atomic E-state index is 14.0. The number of methoxy groups -OCH3 is 2. The number of carbonyl (C=O) groups excluding carboxylic acids is 3. The van der Waals surface area contributed by atoms with E-state index in [9.17, 15) is 14.4 Å². The number of hydrogen-bond acceptors (Lipinski definition) is 7. The molecule has 2 amide bonds. The van der Waals surface area contributed by atoms with Crippen molar-refractivity contribution >= 4 is 18.0 Å². The molecule has 1 aliphatic heterocycles. The Hall–Kier alpha value is -4.53. The average molecular weight is 575 g/mol. The van der Waals surface area contributed by atoms with E-state index in [1.165, 1.54) is 0 Å². The van der Waals surface area contributed by atoms with Crippen molar-refractivity contribution in [2.24, 2.45) is 0 Å². The highest BCUT2D eigenvalue weighted by atomic mass is 16.6. The first-order valence-corrected chi connectivity index (χ1v) is 14.1. The van der Waals surface area contributed by atoms with E-state index < -0.39 is 24.1 Å². The Morgan fingerprint density at radius 1 is 0.857 bits per heavy atom. The van der Waals surface area contributed by atoms with Crippen LogP contribution in [0.2, 0.25) is 0 Å². The van der Waals surface area contributed by atoms with Gasteiger partial charge in [0.2, 0.25) is 0 Å². The lowest BCUT2D eigenvalue weighted by molar-refractivity contribution is -0.144. The molecule has 1 saturated heterocycles. The van der Waals surface area contributed by atoms with Crippen molar-refractivity contribution in [2.45, 2.75) is 44.9 Å². The number of rotatable bonds is 12. The summed E-state index contributed by atoms with van der Waals surface area (Å²) in [6.45, 7) is 2.78. The Labute approximate surface area is 246 Å². The summed E-state index contributed by atoms with van der Waals surface area (Å²) < 4.78 is 21.7. The van der Waals surface area contributed by atoms with Gasteiger partial charge in [-0.25, -0.2) is 4.79 Å². The van der Waals surface area contributed by atoms with Gasteiger partial charge in [-0.2, -0.15) is 0 Å². The molecule has 1 heterocycles. The predicted octanol–water partition coefficient (Wildman–Crippen LogP) is 5.12. The second-order valence-electron chi connectivity index (χ2n) is 9.97. The largest absolute Gasteiger partial charge is 0.493 e. The lowest BCUT2D eigenvalue weighted by Gasteiger charge is -2.35. The van der Waals surface area contributed by atoms with Crippen molar-refractivity contribution in [1.29, 1.82) is 0 Å². The molecule has 2 atom stereocenters. The number of benzene rings is 3. The zero-order valence-electron chi connectivity index (χ0n) is 24.4. The van der Waals surface area contributed by atoms with Crippen molar-refractivity contribution in [3.63, 3.8) is 0 Å². The van der Waals surface area contributed by atoms with Crippen LogP contribution in [0.25, 0.3) is 0 Å². The Morgan fingerprint density at radius 3 is 2.21 bits per heavy atom. The van der Waals surface area contributed by atoms with E-state index in [-0.39, 0.29) is 25.5 Å². The standard InChI is InChI=1S/C33H38N2O7/c1-4-41-31(36)22-28-27(18-20-35(28)33(38)42-23-25-11-7-5-8-12-25)34(32(37)26-13-9-6-10-14-26)19-17-24-15-16-29(39-2)30(21-24)40-3/h5-16,21,27-28H,4,17-20,22-23H2,1-3H3/t27-,28+/m0/s1. The van der Waals surface area contributed by atoms with E-state index in [1.807, 2.05) is 66.7 Å². The van der Waals surface area contributed by atoms with Crippen LogP contribution in [0.1, 0.15) is 41.3 Å². The first-order valence-electron chi connectivity index (χ1n) is 14.1. The van der Waals surface area contributed by atoms with Crippen LogP contribution in [-0.4, -0.2) is 73.8 Å². The molecule has 222 valence electrons. The van der Waals surface area contributed by atoms with Crippen molar-refractivity contribution in [2.75, 3.05) is 33.9 Å². The van der Waals surface area contributed by atoms with Crippen LogP contribution in [-0.2, 0) is 27.3 Å². The Morgan fingerprint density at radius 2 is 1.55 bits per heavy atom. The minimum absolute atomic E-state index is 0.0477.